The minimum Gasteiger partial charge on any atom is -0.493 e. The monoisotopic (exact) mass is 314 g/mol. The average Bonchev–Trinajstić information content (AvgIpc) is 3.13. The van der Waals surface area contributed by atoms with E-state index < -0.39 is 5.91 Å². The Hall–Kier alpha value is -3.29. The van der Waals surface area contributed by atoms with Gasteiger partial charge in [0.15, 0.2) is 23.1 Å². The van der Waals surface area contributed by atoms with Crippen LogP contribution in [0.4, 0.5) is 5.82 Å². The molecule has 3 aromatic rings. The zero-order valence-electron chi connectivity index (χ0n) is 12.5. The van der Waals surface area contributed by atoms with Crippen molar-refractivity contribution in [1.29, 1.82) is 0 Å². The third kappa shape index (κ3) is 2.86. The van der Waals surface area contributed by atoms with Crippen LogP contribution in [0.2, 0.25) is 0 Å². The molecule has 0 spiro atoms. The number of amides is 1. The van der Waals surface area contributed by atoms with Crippen molar-refractivity contribution in [2.45, 2.75) is 0 Å². The number of anilines is 1. The van der Waals surface area contributed by atoms with Crippen LogP contribution in [-0.2, 0) is 0 Å². The number of nitrogens with zero attached hydrogens (tertiary/aromatic N) is 2. The van der Waals surface area contributed by atoms with E-state index in [1.165, 1.54) is 12.6 Å². The van der Waals surface area contributed by atoms with Crippen molar-refractivity contribution < 1.29 is 18.7 Å². The molecule has 1 aromatic carbocycles. The SMILES string of the molecule is COc1cc2ncnc(NNC(=O)c3ccco3)c2cc1OC. The lowest BCUT2D eigenvalue weighted by Crippen LogP contribution is -2.29. The molecule has 0 atom stereocenters. The predicted octanol–water partition coefficient (Wildman–Crippen LogP) is 2.00. The molecule has 2 heterocycles. The minimum atomic E-state index is -0.415. The summed E-state index contributed by atoms with van der Waals surface area (Å²) in [6.07, 6.45) is 2.81. The maximum absolute atomic E-state index is 11.9. The van der Waals surface area contributed by atoms with E-state index in [9.17, 15) is 4.79 Å². The van der Waals surface area contributed by atoms with E-state index in [4.69, 9.17) is 13.9 Å². The van der Waals surface area contributed by atoms with Gasteiger partial charge in [-0.05, 0) is 18.2 Å². The number of benzene rings is 1. The van der Waals surface area contributed by atoms with Gasteiger partial charge in [-0.2, -0.15) is 0 Å². The van der Waals surface area contributed by atoms with Crippen molar-refractivity contribution in [2.24, 2.45) is 0 Å². The number of hydrogen-bond acceptors (Lipinski definition) is 7. The highest BCUT2D eigenvalue weighted by Crippen LogP contribution is 2.33. The number of carbonyl (C=O) groups excluding carboxylic acids is 1. The molecule has 2 aromatic heterocycles. The Kier molecular flexibility index (Phi) is 3.96. The lowest BCUT2D eigenvalue weighted by atomic mass is 10.2. The van der Waals surface area contributed by atoms with Crippen LogP contribution in [0.5, 0.6) is 11.5 Å². The Bertz CT molecular complexity index is 833. The van der Waals surface area contributed by atoms with Gasteiger partial charge in [-0.15, -0.1) is 0 Å². The van der Waals surface area contributed by atoms with Crippen LogP contribution in [0.15, 0.2) is 41.3 Å². The molecule has 8 nitrogen and oxygen atoms in total. The highest BCUT2D eigenvalue weighted by atomic mass is 16.5. The molecule has 0 radical (unpaired) electrons. The Morgan fingerprint density at radius 3 is 2.65 bits per heavy atom. The molecule has 0 unspecified atom stereocenters. The van der Waals surface area contributed by atoms with Crippen LogP contribution in [0.1, 0.15) is 10.6 Å². The largest absolute Gasteiger partial charge is 0.493 e. The van der Waals surface area contributed by atoms with Gasteiger partial charge >= 0.3 is 5.91 Å². The molecule has 0 aliphatic carbocycles. The molecular formula is C15H14N4O4. The van der Waals surface area contributed by atoms with Crippen molar-refractivity contribution in [3.05, 3.63) is 42.6 Å². The van der Waals surface area contributed by atoms with Gasteiger partial charge < -0.3 is 13.9 Å². The fourth-order valence-electron chi connectivity index (χ4n) is 2.07. The molecule has 0 fully saturated rings. The van der Waals surface area contributed by atoms with Crippen molar-refractivity contribution in [3.63, 3.8) is 0 Å². The zero-order valence-corrected chi connectivity index (χ0v) is 12.5. The fourth-order valence-corrected chi connectivity index (χ4v) is 2.07. The molecule has 3 rings (SSSR count). The van der Waals surface area contributed by atoms with Crippen molar-refractivity contribution in [3.8, 4) is 11.5 Å². The van der Waals surface area contributed by atoms with Gasteiger partial charge in [-0.3, -0.25) is 15.6 Å². The number of ether oxygens (including phenoxy) is 2. The summed E-state index contributed by atoms with van der Waals surface area (Å²) in [5.41, 5.74) is 5.92. The summed E-state index contributed by atoms with van der Waals surface area (Å²) < 4.78 is 15.5. The first kappa shape index (κ1) is 14.6. The first-order chi connectivity index (χ1) is 11.2. The molecule has 2 N–H and O–H groups in total. The van der Waals surface area contributed by atoms with E-state index >= 15 is 0 Å². The third-order valence-electron chi connectivity index (χ3n) is 3.18. The zero-order chi connectivity index (χ0) is 16.2. The van der Waals surface area contributed by atoms with E-state index in [0.29, 0.717) is 28.2 Å². The summed E-state index contributed by atoms with van der Waals surface area (Å²) in [7, 11) is 3.09. The average molecular weight is 314 g/mol. The van der Waals surface area contributed by atoms with E-state index in [1.54, 1.807) is 38.5 Å². The smallest absolute Gasteiger partial charge is 0.305 e. The summed E-state index contributed by atoms with van der Waals surface area (Å²) in [6, 6.07) is 6.65. The summed E-state index contributed by atoms with van der Waals surface area (Å²) in [5.74, 6) is 1.30. The van der Waals surface area contributed by atoms with Gasteiger partial charge in [0.25, 0.3) is 0 Å². The van der Waals surface area contributed by atoms with Gasteiger partial charge in [-0.1, -0.05) is 0 Å². The Labute approximate surface area is 131 Å². The number of furan rings is 1. The number of hydrogen-bond donors (Lipinski definition) is 2. The second-order valence-corrected chi connectivity index (χ2v) is 4.50. The van der Waals surface area contributed by atoms with Crippen LogP contribution in [0, 0.1) is 0 Å². The topological polar surface area (TPSA) is 98.5 Å². The summed E-state index contributed by atoms with van der Waals surface area (Å²) in [5, 5.41) is 0.671. The molecule has 0 aliphatic heterocycles. The number of hydrazine groups is 1. The predicted molar refractivity (Wildman–Crippen MR) is 82.4 cm³/mol. The van der Waals surface area contributed by atoms with Gasteiger partial charge in [0.2, 0.25) is 0 Å². The quantitative estimate of drug-likeness (QED) is 0.695. The van der Waals surface area contributed by atoms with Gasteiger partial charge in [0.1, 0.15) is 6.33 Å². The number of carbonyl (C=O) groups is 1. The molecule has 0 bridgehead atoms. The van der Waals surface area contributed by atoms with Crippen LogP contribution < -0.4 is 20.3 Å². The van der Waals surface area contributed by atoms with Crippen LogP contribution in [-0.4, -0.2) is 30.1 Å². The molecule has 0 saturated carbocycles. The van der Waals surface area contributed by atoms with Crippen molar-refractivity contribution >= 4 is 22.6 Å². The minimum absolute atomic E-state index is 0.190. The first-order valence-corrected chi connectivity index (χ1v) is 6.69. The number of nitrogens with one attached hydrogen (secondary N) is 2. The number of aromatic nitrogens is 2. The molecule has 1 amide bonds. The lowest BCUT2D eigenvalue weighted by Gasteiger charge is -2.12. The van der Waals surface area contributed by atoms with Crippen LogP contribution >= 0.6 is 0 Å². The normalized spacial score (nSPS) is 10.3. The lowest BCUT2D eigenvalue weighted by molar-refractivity contribution is 0.0935. The fraction of sp³-hybridized carbons (Fsp3) is 0.133. The maximum atomic E-state index is 11.9. The number of fused-ring (bicyclic) bond motifs is 1. The van der Waals surface area contributed by atoms with Crippen molar-refractivity contribution in [1.82, 2.24) is 15.4 Å². The summed E-state index contributed by atoms with van der Waals surface area (Å²) in [4.78, 5) is 20.2. The van der Waals surface area contributed by atoms with Crippen LogP contribution in [0.25, 0.3) is 10.9 Å². The second kappa shape index (κ2) is 6.22. The molecule has 8 heteroatoms. The molecule has 118 valence electrons. The summed E-state index contributed by atoms with van der Waals surface area (Å²) >= 11 is 0. The van der Waals surface area contributed by atoms with E-state index in [-0.39, 0.29) is 5.76 Å². The summed E-state index contributed by atoms with van der Waals surface area (Å²) in [6.45, 7) is 0. The van der Waals surface area contributed by atoms with Crippen LogP contribution in [0.3, 0.4) is 0 Å². The Morgan fingerprint density at radius 2 is 1.96 bits per heavy atom. The standard InChI is InChI=1S/C15H14N4O4/c1-21-12-6-9-10(7-13(12)22-2)16-8-17-14(9)18-19-15(20)11-4-3-5-23-11/h3-8H,1-2H3,(H,19,20)(H,16,17,18). The van der Waals surface area contributed by atoms with Crippen molar-refractivity contribution in [2.75, 3.05) is 19.6 Å². The van der Waals surface area contributed by atoms with Gasteiger partial charge in [0.05, 0.1) is 26.0 Å². The molecule has 23 heavy (non-hydrogen) atoms. The highest BCUT2D eigenvalue weighted by Gasteiger charge is 2.12. The third-order valence-corrected chi connectivity index (χ3v) is 3.18. The Morgan fingerprint density at radius 1 is 1.17 bits per heavy atom. The first-order valence-electron chi connectivity index (χ1n) is 6.69. The Balaban J connectivity index is 1.90. The molecule has 0 saturated heterocycles. The van der Waals surface area contributed by atoms with E-state index in [0.717, 1.165) is 0 Å². The van der Waals surface area contributed by atoms with E-state index in [1.807, 2.05) is 0 Å². The molecule has 0 aliphatic rings. The van der Waals surface area contributed by atoms with Gasteiger partial charge in [0, 0.05) is 11.5 Å². The number of rotatable bonds is 5. The van der Waals surface area contributed by atoms with E-state index in [2.05, 4.69) is 20.8 Å². The number of methoxy groups -OCH3 is 2. The molecular weight excluding hydrogens is 300 g/mol. The maximum Gasteiger partial charge on any atom is 0.305 e. The highest BCUT2D eigenvalue weighted by molar-refractivity contribution is 5.95. The van der Waals surface area contributed by atoms with Gasteiger partial charge in [-0.25, -0.2) is 9.97 Å². The second-order valence-electron chi connectivity index (χ2n) is 4.50.